The highest BCUT2D eigenvalue weighted by molar-refractivity contribution is 5.75. The number of carboxylic acids is 1. The van der Waals surface area contributed by atoms with Crippen molar-refractivity contribution in [3.8, 4) is 0 Å². The van der Waals surface area contributed by atoms with E-state index in [1.807, 2.05) is 30.3 Å². The van der Waals surface area contributed by atoms with E-state index in [1.54, 1.807) is 0 Å². The van der Waals surface area contributed by atoms with Gasteiger partial charge in [-0.05, 0) is 18.4 Å². The summed E-state index contributed by atoms with van der Waals surface area (Å²) in [7, 11) is 0. The molecule has 1 heterocycles. The molecule has 6 nitrogen and oxygen atoms in total. The summed E-state index contributed by atoms with van der Waals surface area (Å²) >= 11 is 0. The predicted molar refractivity (Wildman–Crippen MR) is 67.1 cm³/mol. The first-order valence-electron chi connectivity index (χ1n) is 6.14. The molecular formula is C13H16N2O4. The molecule has 1 atom stereocenters. The van der Waals surface area contributed by atoms with Gasteiger partial charge in [0.1, 0.15) is 12.6 Å². The minimum Gasteiger partial charge on any atom is -0.480 e. The maximum Gasteiger partial charge on any atom is 0.424 e. The summed E-state index contributed by atoms with van der Waals surface area (Å²) in [5.74, 6) is -0.958. The molecule has 1 aliphatic heterocycles. The van der Waals surface area contributed by atoms with Crippen LogP contribution < -0.4 is 5.43 Å². The summed E-state index contributed by atoms with van der Waals surface area (Å²) in [4.78, 5) is 22.6. The minimum absolute atomic E-state index is 0.176. The van der Waals surface area contributed by atoms with E-state index < -0.39 is 18.1 Å². The molecule has 1 amide bonds. The Kier molecular flexibility index (Phi) is 4.35. The Bertz CT molecular complexity index is 449. The van der Waals surface area contributed by atoms with Crippen LogP contribution in [-0.4, -0.2) is 34.8 Å². The van der Waals surface area contributed by atoms with Gasteiger partial charge in [0, 0.05) is 6.54 Å². The van der Waals surface area contributed by atoms with Gasteiger partial charge in [0.25, 0.3) is 0 Å². The Hall–Kier alpha value is -2.08. The average Bonchev–Trinajstić information content (AvgIpc) is 2.46. The first-order valence-corrected chi connectivity index (χ1v) is 6.14. The SMILES string of the molecule is O=C(O)C1CCCN(C(=O)OCc2ccccc2)N1. The zero-order chi connectivity index (χ0) is 13.7. The molecule has 0 bridgehead atoms. The van der Waals surface area contributed by atoms with Gasteiger partial charge in [0.2, 0.25) is 0 Å². The number of hydrogen-bond acceptors (Lipinski definition) is 4. The van der Waals surface area contributed by atoms with Gasteiger partial charge in [0.15, 0.2) is 0 Å². The number of amides is 1. The van der Waals surface area contributed by atoms with E-state index in [9.17, 15) is 9.59 Å². The molecule has 19 heavy (non-hydrogen) atoms. The number of hydrogen-bond donors (Lipinski definition) is 2. The highest BCUT2D eigenvalue weighted by Crippen LogP contribution is 2.09. The number of hydrazine groups is 1. The fourth-order valence-electron chi connectivity index (χ4n) is 1.89. The maximum atomic E-state index is 11.8. The van der Waals surface area contributed by atoms with Gasteiger partial charge in [-0.2, -0.15) is 0 Å². The Morgan fingerprint density at radius 2 is 2.11 bits per heavy atom. The standard InChI is InChI=1S/C13H16N2O4/c16-12(17)11-7-4-8-15(14-11)13(18)19-9-10-5-2-1-3-6-10/h1-3,5-6,11,14H,4,7-9H2,(H,16,17). The third-order valence-corrected chi connectivity index (χ3v) is 2.91. The van der Waals surface area contributed by atoms with Crippen molar-refractivity contribution in [2.24, 2.45) is 0 Å². The fourth-order valence-corrected chi connectivity index (χ4v) is 1.89. The van der Waals surface area contributed by atoms with Crippen LogP contribution in [0.4, 0.5) is 4.79 Å². The van der Waals surface area contributed by atoms with E-state index in [-0.39, 0.29) is 6.61 Å². The van der Waals surface area contributed by atoms with Crippen molar-refractivity contribution in [1.82, 2.24) is 10.4 Å². The van der Waals surface area contributed by atoms with Crippen molar-refractivity contribution in [1.29, 1.82) is 0 Å². The molecule has 0 radical (unpaired) electrons. The van der Waals surface area contributed by atoms with Crippen molar-refractivity contribution >= 4 is 12.1 Å². The minimum atomic E-state index is -0.958. The lowest BCUT2D eigenvalue weighted by atomic mass is 10.1. The summed E-state index contributed by atoms with van der Waals surface area (Å²) in [5, 5.41) is 10.1. The zero-order valence-corrected chi connectivity index (χ0v) is 10.4. The summed E-state index contributed by atoms with van der Waals surface area (Å²) in [6, 6.07) is 8.60. The van der Waals surface area contributed by atoms with E-state index >= 15 is 0 Å². The molecule has 2 rings (SSSR count). The molecule has 1 saturated heterocycles. The number of benzene rings is 1. The van der Waals surface area contributed by atoms with Gasteiger partial charge in [-0.25, -0.2) is 15.2 Å². The Balaban J connectivity index is 1.84. The highest BCUT2D eigenvalue weighted by atomic mass is 16.6. The number of aliphatic carboxylic acids is 1. The van der Waals surface area contributed by atoms with Crippen LogP contribution in [0.15, 0.2) is 30.3 Å². The Morgan fingerprint density at radius 1 is 1.37 bits per heavy atom. The van der Waals surface area contributed by atoms with Gasteiger partial charge < -0.3 is 9.84 Å². The largest absolute Gasteiger partial charge is 0.480 e. The van der Waals surface area contributed by atoms with Gasteiger partial charge in [-0.3, -0.25) is 4.79 Å². The Labute approximate surface area is 110 Å². The predicted octanol–water partition coefficient (Wildman–Crippen LogP) is 1.38. The molecule has 6 heteroatoms. The van der Waals surface area contributed by atoms with Crippen LogP contribution in [0.25, 0.3) is 0 Å². The normalized spacial score (nSPS) is 18.9. The molecule has 0 aliphatic carbocycles. The number of nitrogens with zero attached hydrogens (tertiary/aromatic N) is 1. The second kappa shape index (κ2) is 6.19. The van der Waals surface area contributed by atoms with Crippen LogP contribution in [0.1, 0.15) is 18.4 Å². The first kappa shape index (κ1) is 13.4. The van der Waals surface area contributed by atoms with Crippen LogP contribution >= 0.6 is 0 Å². The fraction of sp³-hybridized carbons (Fsp3) is 0.385. The molecule has 0 saturated carbocycles. The van der Waals surface area contributed by atoms with Crippen LogP contribution in [0.2, 0.25) is 0 Å². The second-order valence-corrected chi connectivity index (χ2v) is 4.35. The third-order valence-electron chi connectivity index (χ3n) is 2.91. The lowest BCUT2D eigenvalue weighted by Gasteiger charge is -2.30. The van der Waals surface area contributed by atoms with Gasteiger partial charge in [-0.1, -0.05) is 30.3 Å². The zero-order valence-electron chi connectivity index (χ0n) is 10.4. The van der Waals surface area contributed by atoms with Crippen LogP contribution in [0, 0.1) is 0 Å². The molecule has 2 N–H and O–H groups in total. The number of nitrogens with one attached hydrogen (secondary N) is 1. The third kappa shape index (κ3) is 3.69. The lowest BCUT2D eigenvalue weighted by molar-refractivity contribution is -0.142. The van der Waals surface area contributed by atoms with Gasteiger partial charge in [-0.15, -0.1) is 0 Å². The molecule has 1 aromatic rings. The molecule has 1 fully saturated rings. The number of carbonyl (C=O) groups excluding carboxylic acids is 1. The maximum absolute atomic E-state index is 11.8. The number of ether oxygens (including phenoxy) is 1. The van der Waals surface area contributed by atoms with Crippen molar-refractivity contribution in [2.45, 2.75) is 25.5 Å². The van der Waals surface area contributed by atoms with Crippen molar-refractivity contribution < 1.29 is 19.4 Å². The summed E-state index contributed by atoms with van der Waals surface area (Å²) in [6.45, 7) is 0.632. The number of carbonyl (C=O) groups is 2. The number of carboxylic acid groups (broad SMARTS) is 1. The number of rotatable bonds is 3. The van der Waals surface area contributed by atoms with E-state index in [2.05, 4.69) is 5.43 Å². The van der Waals surface area contributed by atoms with E-state index in [0.29, 0.717) is 19.4 Å². The molecule has 1 aliphatic rings. The smallest absolute Gasteiger partial charge is 0.424 e. The van der Waals surface area contributed by atoms with Crippen molar-refractivity contribution in [2.75, 3.05) is 6.54 Å². The monoisotopic (exact) mass is 264 g/mol. The van der Waals surface area contributed by atoms with E-state index in [4.69, 9.17) is 9.84 Å². The topological polar surface area (TPSA) is 78.9 Å². The quantitative estimate of drug-likeness (QED) is 0.862. The van der Waals surface area contributed by atoms with Gasteiger partial charge in [0.05, 0.1) is 0 Å². The summed E-state index contributed by atoms with van der Waals surface area (Å²) < 4.78 is 5.13. The van der Waals surface area contributed by atoms with Crippen molar-refractivity contribution in [3.05, 3.63) is 35.9 Å². The lowest BCUT2D eigenvalue weighted by Crippen LogP contribution is -2.55. The average molecular weight is 264 g/mol. The van der Waals surface area contributed by atoms with Crippen LogP contribution in [0.3, 0.4) is 0 Å². The second-order valence-electron chi connectivity index (χ2n) is 4.35. The van der Waals surface area contributed by atoms with E-state index in [0.717, 1.165) is 5.56 Å². The van der Waals surface area contributed by atoms with Crippen molar-refractivity contribution in [3.63, 3.8) is 0 Å². The molecule has 1 unspecified atom stereocenters. The molecule has 0 aromatic heterocycles. The molecule has 1 aromatic carbocycles. The first-order chi connectivity index (χ1) is 9.16. The molecule has 0 spiro atoms. The summed E-state index contributed by atoms with van der Waals surface area (Å²) in [6.07, 6.45) is 0.608. The summed E-state index contributed by atoms with van der Waals surface area (Å²) in [5.41, 5.74) is 3.54. The van der Waals surface area contributed by atoms with Gasteiger partial charge >= 0.3 is 12.1 Å². The van der Waals surface area contributed by atoms with Crippen LogP contribution in [-0.2, 0) is 16.1 Å². The Morgan fingerprint density at radius 3 is 2.79 bits per heavy atom. The highest BCUT2D eigenvalue weighted by Gasteiger charge is 2.28. The molecule has 102 valence electrons. The van der Waals surface area contributed by atoms with E-state index in [1.165, 1.54) is 5.01 Å². The molecular weight excluding hydrogens is 248 g/mol. The van der Waals surface area contributed by atoms with Crippen LogP contribution in [0.5, 0.6) is 0 Å².